The van der Waals surface area contributed by atoms with Crippen molar-refractivity contribution in [2.24, 2.45) is 0 Å². The van der Waals surface area contributed by atoms with E-state index < -0.39 is 18.1 Å². The summed E-state index contributed by atoms with van der Waals surface area (Å²) in [5.41, 5.74) is 6.19. The lowest BCUT2D eigenvalue weighted by atomic mass is 9.98. The predicted molar refractivity (Wildman–Crippen MR) is 138 cm³/mol. The van der Waals surface area contributed by atoms with Crippen molar-refractivity contribution >= 4 is 35.4 Å². The number of hydrogen-bond acceptors (Lipinski definition) is 5. The minimum atomic E-state index is -1.09. The lowest BCUT2D eigenvalue weighted by Crippen LogP contribution is -2.41. The highest BCUT2D eigenvalue weighted by Gasteiger charge is 2.29. The van der Waals surface area contributed by atoms with Crippen LogP contribution in [0.3, 0.4) is 0 Å². The van der Waals surface area contributed by atoms with Crippen LogP contribution in [0, 0.1) is 6.92 Å². The van der Waals surface area contributed by atoms with Gasteiger partial charge in [0.1, 0.15) is 12.6 Å². The summed E-state index contributed by atoms with van der Waals surface area (Å²) in [6, 6.07) is 15.1. The van der Waals surface area contributed by atoms with E-state index in [1.165, 1.54) is 0 Å². The van der Waals surface area contributed by atoms with E-state index in [2.05, 4.69) is 22.5 Å². The number of carboxylic acids is 1. The van der Waals surface area contributed by atoms with E-state index in [-0.39, 0.29) is 18.9 Å². The number of halogens is 1. The number of thioether (sulfide) groups is 1. The molecular formula is C26H28ClN3O4S. The second-order valence-corrected chi connectivity index (χ2v) is 9.85. The maximum absolute atomic E-state index is 12.5. The Labute approximate surface area is 213 Å². The lowest BCUT2D eigenvalue weighted by molar-refractivity contribution is -0.139. The Hall–Kier alpha value is -2.97. The molecule has 0 fully saturated rings. The number of aromatic nitrogens is 2. The van der Waals surface area contributed by atoms with Crippen LogP contribution < -0.4 is 5.32 Å². The van der Waals surface area contributed by atoms with Gasteiger partial charge in [-0.25, -0.2) is 9.59 Å². The molecule has 2 N–H and O–H groups in total. The van der Waals surface area contributed by atoms with Crippen molar-refractivity contribution in [1.29, 1.82) is 0 Å². The Morgan fingerprint density at radius 1 is 1.17 bits per heavy atom. The highest BCUT2D eigenvalue weighted by atomic mass is 35.5. The average molecular weight is 514 g/mol. The van der Waals surface area contributed by atoms with Crippen LogP contribution in [0.25, 0.3) is 11.1 Å². The first kappa shape index (κ1) is 25.1. The third kappa shape index (κ3) is 5.49. The van der Waals surface area contributed by atoms with Crippen molar-refractivity contribution in [3.8, 4) is 11.1 Å². The van der Waals surface area contributed by atoms with Crippen LogP contribution in [-0.4, -0.2) is 45.4 Å². The van der Waals surface area contributed by atoms with E-state index in [0.717, 1.165) is 33.6 Å². The SMILES string of the molecule is CCn1nc(C)c(Cl)c1CSCCC(NC(=O)OCC1c2ccccc2-c2ccccc21)C(=O)O. The molecule has 7 nitrogen and oxygen atoms in total. The molecule has 1 unspecified atom stereocenters. The number of carboxylic acid groups (broad SMARTS) is 1. The van der Waals surface area contributed by atoms with Crippen LogP contribution >= 0.6 is 23.4 Å². The highest BCUT2D eigenvalue weighted by molar-refractivity contribution is 7.98. The molecule has 0 bridgehead atoms. The van der Waals surface area contributed by atoms with E-state index >= 15 is 0 Å². The minimum Gasteiger partial charge on any atom is -0.480 e. The fourth-order valence-corrected chi connectivity index (χ4v) is 5.73. The molecule has 1 atom stereocenters. The lowest BCUT2D eigenvalue weighted by Gasteiger charge is -2.17. The van der Waals surface area contributed by atoms with Gasteiger partial charge in [0.05, 0.1) is 16.4 Å². The van der Waals surface area contributed by atoms with Crippen molar-refractivity contribution in [3.63, 3.8) is 0 Å². The van der Waals surface area contributed by atoms with Crippen molar-refractivity contribution < 1.29 is 19.4 Å². The van der Waals surface area contributed by atoms with Crippen LogP contribution in [0.15, 0.2) is 48.5 Å². The van der Waals surface area contributed by atoms with Gasteiger partial charge in [-0.05, 0) is 48.3 Å². The number of carbonyl (C=O) groups is 2. The molecule has 184 valence electrons. The van der Waals surface area contributed by atoms with Crippen LogP contribution in [0.5, 0.6) is 0 Å². The number of rotatable bonds is 10. The molecule has 3 aromatic rings. The zero-order chi connectivity index (χ0) is 24.9. The maximum atomic E-state index is 12.5. The van der Waals surface area contributed by atoms with Crippen molar-refractivity contribution in [1.82, 2.24) is 15.1 Å². The Morgan fingerprint density at radius 2 is 1.80 bits per heavy atom. The number of carbonyl (C=O) groups excluding carboxylic acids is 1. The Bertz CT molecular complexity index is 1180. The van der Waals surface area contributed by atoms with Crippen LogP contribution in [0.1, 0.15) is 41.8 Å². The quantitative estimate of drug-likeness (QED) is 0.349. The van der Waals surface area contributed by atoms with Gasteiger partial charge in [0.2, 0.25) is 0 Å². The molecule has 35 heavy (non-hydrogen) atoms. The molecule has 0 spiro atoms. The standard InChI is InChI=1S/C26H28ClN3O4S/c1-3-30-23(24(27)16(2)29-30)15-35-13-12-22(25(31)32)28-26(33)34-14-21-19-10-6-4-8-17(19)18-9-5-7-11-20(18)21/h4-11,21-22H,3,12-15H2,1-2H3,(H,28,33)(H,31,32). The zero-order valence-electron chi connectivity index (χ0n) is 19.7. The largest absolute Gasteiger partial charge is 0.480 e. The first-order valence-corrected chi connectivity index (χ1v) is 13.1. The monoisotopic (exact) mass is 513 g/mol. The third-order valence-corrected chi connectivity index (χ3v) is 7.67. The van der Waals surface area contributed by atoms with Crippen molar-refractivity contribution in [2.45, 2.75) is 44.5 Å². The third-order valence-electron chi connectivity index (χ3n) is 6.18. The molecule has 1 aromatic heterocycles. The number of hydrogen-bond donors (Lipinski definition) is 2. The number of aryl methyl sites for hydroxylation is 2. The molecule has 1 aliphatic carbocycles. The summed E-state index contributed by atoms with van der Waals surface area (Å²) in [7, 11) is 0. The Kier molecular flexibility index (Phi) is 8.03. The number of nitrogens with one attached hydrogen (secondary N) is 1. The fourth-order valence-electron chi connectivity index (χ4n) is 4.42. The summed E-state index contributed by atoms with van der Waals surface area (Å²) in [5, 5.41) is 17.1. The van der Waals surface area contributed by atoms with Gasteiger partial charge in [-0.1, -0.05) is 60.1 Å². The normalized spacial score (nSPS) is 13.2. The zero-order valence-corrected chi connectivity index (χ0v) is 21.2. The minimum absolute atomic E-state index is 0.0800. The molecule has 0 saturated heterocycles. The summed E-state index contributed by atoms with van der Waals surface area (Å²) in [6.45, 7) is 4.71. The summed E-state index contributed by atoms with van der Waals surface area (Å²) >= 11 is 7.89. The summed E-state index contributed by atoms with van der Waals surface area (Å²) in [4.78, 5) is 24.2. The number of ether oxygens (including phenoxy) is 1. The maximum Gasteiger partial charge on any atom is 0.407 e. The second-order valence-electron chi connectivity index (χ2n) is 8.36. The van der Waals surface area contributed by atoms with E-state index in [9.17, 15) is 14.7 Å². The van der Waals surface area contributed by atoms with E-state index in [1.54, 1.807) is 11.8 Å². The number of benzene rings is 2. The molecule has 0 radical (unpaired) electrons. The van der Waals surface area contributed by atoms with Gasteiger partial charge in [-0.2, -0.15) is 16.9 Å². The fraction of sp³-hybridized carbons (Fsp3) is 0.346. The van der Waals surface area contributed by atoms with Gasteiger partial charge >= 0.3 is 12.1 Å². The first-order valence-electron chi connectivity index (χ1n) is 11.5. The number of amides is 1. The van der Waals surface area contributed by atoms with Crippen molar-refractivity contribution in [2.75, 3.05) is 12.4 Å². The van der Waals surface area contributed by atoms with Gasteiger partial charge < -0.3 is 15.2 Å². The highest BCUT2D eigenvalue weighted by Crippen LogP contribution is 2.44. The topological polar surface area (TPSA) is 93.5 Å². The summed E-state index contributed by atoms with van der Waals surface area (Å²) < 4.78 is 7.35. The molecule has 2 aromatic carbocycles. The van der Waals surface area contributed by atoms with Crippen LogP contribution in [0.2, 0.25) is 5.02 Å². The Balaban J connectivity index is 1.30. The van der Waals surface area contributed by atoms with Crippen LogP contribution in [-0.2, 0) is 21.8 Å². The smallest absolute Gasteiger partial charge is 0.407 e. The van der Waals surface area contributed by atoms with Crippen LogP contribution in [0.4, 0.5) is 4.79 Å². The molecule has 1 amide bonds. The predicted octanol–water partition coefficient (Wildman–Crippen LogP) is 5.48. The van der Waals surface area contributed by atoms with Gasteiger partial charge in [0.25, 0.3) is 0 Å². The van der Waals surface area contributed by atoms with Gasteiger partial charge in [-0.15, -0.1) is 0 Å². The Morgan fingerprint density at radius 3 is 2.40 bits per heavy atom. The molecule has 4 rings (SSSR count). The number of aliphatic carboxylic acids is 1. The molecule has 1 aliphatic rings. The van der Waals surface area contributed by atoms with Gasteiger partial charge in [-0.3, -0.25) is 4.68 Å². The summed E-state index contributed by atoms with van der Waals surface area (Å²) in [6.07, 6.45) is -0.465. The number of alkyl carbamates (subject to hydrolysis) is 1. The first-order chi connectivity index (χ1) is 16.9. The second kappa shape index (κ2) is 11.2. The molecule has 0 aliphatic heterocycles. The van der Waals surface area contributed by atoms with E-state index in [0.29, 0.717) is 23.1 Å². The number of fused-ring (bicyclic) bond motifs is 3. The molecule has 9 heteroatoms. The van der Waals surface area contributed by atoms with E-state index in [1.807, 2.05) is 54.9 Å². The van der Waals surface area contributed by atoms with Crippen molar-refractivity contribution in [3.05, 3.63) is 76.1 Å². The average Bonchev–Trinajstić information content (AvgIpc) is 3.33. The summed E-state index contributed by atoms with van der Waals surface area (Å²) in [5.74, 6) is -0.0226. The van der Waals surface area contributed by atoms with Gasteiger partial charge in [0.15, 0.2) is 0 Å². The molecule has 0 saturated carbocycles. The molecule has 1 heterocycles. The van der Waals surface area contributed by atoms with E-state index in [4.69, 9.17) is 16.3 Å². The molecular weight excluding hydrogens is 486 g/mol. The van der Waals surface area contributed by atoms with Gasteiger partial charge in [0, 0.05) is 18.2 Å². The number of nitrogens with zero attached hydrogens (tertiary/aromatic N) is 2.